The molecule has 0 aliphatic carbocycles. The summed E-state index contributed by atoms with van der Waals surface area (Å²) in [5.41, 5.74) is 4.82. The summed E-state index contributed by atoms with van der Waals surface area (Å²) < 4.78 is 1.06. The molecule has 14 heavy (non-hydrogen) atoms. The number of hydrogen-bond acceptors (Lipinski definition) is 4. The van der Waals surface area contributed by atoms with Crippen molar-refractivity contribution < 1.29 is 5.21 Å². The minimum Gasteiger partial charge on any atom is -0.271 e. The zero-order valence-electron chi connectivity index (χ0n) is 7.36. The van der Waals surface area contributed by atoms with E-state index in [-0.39, 0.29) is 0 Å². The van der Waals surface area contributed by atoms with E-state index in [1.165, 1.54) is 0 Å². The van der Waals surface area contributed by atoms with Crippen LogP contribution in [-0.4, -0.2) is 14.7 Å². The summed E-state index contributed by atoms with van der Waals surface area (Å²) in [4.78, 5) is 0.437. The van der Waals surface area contributed by atoms with Gasteiger partial charge < -0.3 is 0 Å². The van der Waals surface area contributed by atoms with Crippen LogP contribution in [0.2, 0.25) is 0 Å². The number of nitrogens with one attached hydrogen (secondary N) is 1. The zero-order chi connectivity index (χ0) is 10.3. The Morgan fingerprint density at radius 2 is 2.21 bits per heavy atom. The van der Waals surface area contributed by atoms with Crippen molar-refractivity contribution in [3.8, 4) is 0 Å². The van der Waals surface area contributed by atoms with Gasteiger partial charge in [-0.05, 0) is 24.6 Å². The molecular weight excluding hydrogens is 222 g/mol. The Hall–Kier alpha value is -0.880. The molecule has 0 bridgehead atoms. The van der Waals surface area contributed by atoms with Crippen LogP contribution in [0.5, 0.6) is 0 Å². The molecule has 6 heteroatoms. The molecule has 1 heterocycles. The highest BCUT2D eigenvalue weighted by molar-refractivity contribution is 7.80. The van der Waals surface area contributed by atoms with Crippen molar-refractivity contribution in [1.82, 2.24) is 10.1 Å². The molecule has 1 aliphatic heterocycles. The Labute approximate surface area is 91.7 Å². The van der Waals surface area contributed by atoms with E-state index < -0.39 is 0 Å². The van der Waals surface area contributed by atoms with Crippen LogP contribution in [0.15, 0.2) is 18.2 Å². The Morgan fingerprint density at radius 1 is 1.50 bits per heavy atom. The number of thiocarbonyl (C=S) groups is 1. The molecule has 0 unspecified atom stereocenters. The summed E-state index contributed by atoms with van der Waals surface area (Å²) in [5, 5.41) is 10.3. The van der Waals surface area contributed by atoms with Gasteiger partial charge in [0.05, 0.1) is 5.69 Å². The van der Waals surface area contributed by atoms with Gasteiger partial charge in [0.2, 0.25) is 0 Å². The smallest absolute Gasteiger partial charge is 0.145 e. The fourth-order valence-corrected chi connectivity index (χ4v) is 1.66. The van der Waals surface area contributed by atoms with Crippen molar-refractivity contribution in [2.24, 2.45) is 0 Å². The molecule has 1 aliphatic rings. The first-order valence-electron chi connectivity index (χ1n) is 3.96. The van der Waals surface area contributed by atoms with E-state index >= 15 is 0 Å². The number of aryl methyl sites for hydroxylation is 1. The average Bonchev–Trinajstić information content (AvgIpc) is 2.14. The summed E-state index contributed by atoms with van der Waals surface area (Å²) in [5.74, 6) is 0. The maximum absolute atomic E-state index is 9.51. The second-order valence-electron chi connectivity index (χ2n) is 3.02. The predicted octanol–water partition coefficient (Wildman–Crippen LogP) is 1.76. The summed E-state index contributed by atoms with van der Waals surface area (Å²) in [6, 6.07) is 5.56. The lowest BCUT2D eigenvalue weighted by Crippen LogP contribution is -2.50. The van der Waals surface area contributed by atoms with Gasteiger partial charge in [0.1, 0.15) is 4.99 Å². The van der Waals surface area contributed by atoms with Crippen LogP contribution < -0.4 is 10.7 Å². The van der Waals surface area contributed by atoms with E-state index in [2.05, 4.69) is 5.53 Å². The third-order valence-electron chi connectivity index (χ3n) is 1.97. The number of hydrogen-bond donors (Lipinski definition) is 2. The first kappa shape index (κ1) is 9.67. The van der Waals surface area contributed by atoms with E-state index in [0.29, 0.717) is 10.7 Å². The molecule has 2 N–H and O–H groups in total. The predicted molar refractivity (Wildman–Crippen MR) is 58.0 cm³/mol. The van der Waals surface area contributed by atoms with E-state index in [1.54, 1.807) is 0 Å². The van der Waals surface area contributed by atoms with Crippen molar-refractivity contribution in [3.63, 3.8) is 0 Å². The summed E-state index contributed by atoms with van der Waals surface area (Å²) in [6.07, 6.45) is 0. The topological polar surface area (TPSA) is 38.7 Å². The second kappa shape index (κ2) is 3.36. The molecule has 0 saturated carbocycles. The maximum Gasteiger partial charge on any atom is 0.145 e. The third kappa shape index (κ3) is 1.44. The molecular formula is C8H8ClN3OS. The molecule has 4 nitrogen and oxygen atoms in total. The number of benzene rings is 1. The number of halogens is 1. The summed E-state index contributed by atoms with van der Waals surface area (Å²) in [6.45, 7) is 1.93. The zero-order valence-corrected chi connectivity index (χ0v) is 8.93. The molecule has 1 aromatic carbocycles. The van der Waals surface area contributed by atoms with Crippen LogP contribution in [0.1, 0.15) is 11.1 Å². The number of nitrogens with zero attached hydrogens (tertiary/aromatic N) is 2. The van der Waals surface area contributed by atoms with E-state index in [4.69, 9.17) is 24.0 Å². The van der Waals surface area contributed by atoms with Crippen LogP contribution in [0.4, 0.5) is 5.69 Å². The molecule has 0 atom stereocenters. The van der Waals surface area contributed by atoms with Gasteiger partial charge in [-0.25, -0.2) is 0 Å². The van der Waals surface area contributed by atoms with Crippen LogP contribution in [0.25, 0.3) is 0 Å². The van der Waals surface area contributed by atoms with Crippen molar-refractivity contribution in [3.05, 3.63) is 29.3 Å². The third-order valence-corrected chi connectivity index (χ3v) is 2.72. The first-order valence-corrected chi connectivity index (χ1v) is 4.70. The van der Waals surface area contributed by atoms with Gasteiger partial charge in [0, 0.05) is 17.3 Å². The minimum absolute atomic E-state index is 0.437. The lowest BCUT2D eigenvalue weighted by Gasteiger charge is -2.31. The van der Waals surface area contributed by atoms with Gasteiger partial charge in [0.25, 0.3) is 0 Å². The highest BCUT2D eigenvalue weighted by Crippen LogP contribution is 2.26. The van der Waals surface area contributed by atoms with Gasteiger partial charge in [0.15, 0.2) is 0 Å². The molecule has 0 aromatic heterocycles. The van der Waals surface area contributed by atoms with Crippen LogP contribution >= 0.6 is 24.0 Å². The Bertz CT molecular complexity index is 398. The number of hydrazine groups is 2. The fraction of sp³-hybridized carbons (Fsp3) is 0.125. The standard InChI is InChI=1S/C8H8ClN3OS/c1-5-2-3-6-7(4-5)12(13)10-11(9)8(6)14/h2-4,10,13H,1H3. The highest BCUT2D eigenvalue weighted by Gasteiger charge is 2.24. The monoisotopic (exact) mass is 229 g/mol. The van der Waals surface area contributed by atoms with Crippen LogP contribution in [0.3, 0.4) is 0 Å². The van der Waals surface area contributed by atoms with Crippen molar-refractivity contribution in [2.45, 2.75) is 6.92 Å². The Balaban J connectivity index is 2.56. The van der Waals surface area contributed by atoms with Gasteiger partial charge in [-0.1, -0.05) is 18.3 Å². The summed E-state index contributed by atoms with van der Waals surface area (Å²) >= 11 is 10.8. The average molecular weight is 230 g/mol. The van der Waals surface area contributed by atoms with Gasteiger partial charge in [-0.15, -0.1) is 5.53 Å². The lowest BCUT2D eigenvalue weighted by molar-refractivity contribution is 0.167. The largest absolute Gasteiger partial charge is 0.271 e. The minimum atomic E-state index is 0.437. The Kier molecular flexibility index (Phi) is 2.32. The SMILES string of the molecule is Cc1ccc2c(c1)N(O)NN(Cl)C2=S. The summed E-state index contributed by atoms with van der Waals surface area (Å²) in [7, 11) is 0. The Morgan fingerprint density at radius 3 is 2.93 bits per heavy atom. The van der Waals surface area contributed by atoms with Gasteiger partial charge in [-0.2, -0.15) is 9.70 Å². The van der Waals surface area contributed by atoms with Crippen LogP contribution in [0, 0.1) is 6.92 Å². The molecule has 74 valence electrons. The molecule has 1 aromatic rings. The van der Waals surface area contributed by atoms with Crippen LogP contribution in [-0.2, 0) is 0 Å². The lowest BCUT2D eigenvalue weighted by atomic mass is 10.1. The molecule has 0 radical (unpaired) electrons. The molecule has 2 rings (SSSR count). The highest BCUT2D eigenvalue weighted by atomic mass is 35.5. The number of anilines is 1. The molecule has 0 saturated heterocycles. The van der Waals surface area contributed by atoms with Crippen molar-refractivity contribution in [2.75, 3.05) is 5.17 Å². The number of fused-ring (bicyclic) bond motifs is 1. The van der Waals surface area contributed by atoms with Gasteiger partial charge in [-0.3, -0.25) is 5.21 Å². The van der Waals surface area contributed by atoms with E-state index in [0.717, 1.165) is 20.8 Å². The second-order valence-corrected chi connectivity index (χ2v) is 3.74. The molecule has 0 fully saturated rings. The molecule has 0 amide bonds. The van der Waals surface area contributed by atoms with Gasteiger partial charge >= 0.3 is 0 Å². The first-order chi connectivity index (χ1) is 6.59. The van der Waals surface area contributed by atoms with E-state index in [9.17, 15) is 5.21 Å². The molecule has 0 spiro atoms. The normalized spacial score (nSPS) is 15.8. The van der Waals surface area contributed by atoms with E-state index in [1.807, 2.05) is 25.1 Å². The quantitative estimate of drug-likeness (QED) is 0.524. The van der Waals surface area contributed by atoms with Crippen molar-refractivity contribution >= 4 is 34.7 Å². The van der Waals surface area contributed by atoms with Crippen molar-refractivity contribution in [1.29, 1.82) is 0 Å². The maximum atomic E-state index is 9.51. The number of rotatable bonds is 0. The fourth-order valence-electron chi connectivity index (χ4n) is 1.29.